The van der Waals surface area contributed by atoms with Crippen LogP contribution in [-0.2, 0) is 9.59 Å². The fraction of sp³-hybridized carbons (Fsp3) is 0.0769. The lowest BCUT2D eigenvalue weighted by Crippen LogP contribution is -2.28. The van der Waals surface area contributed by atoms with E-state index in [2.05, 4.69) is 0 Å². The van der Waals surface area contributed by atoms with Gasteiger partial charge < -0.3 is 10.0 Å². The van der Waals surface area contributed by atoms with Gasteiger partial charge in [-0.05, 0) is 11.5 Å². The van der Waals surface area contributed by atoms with Crippen LogP contribution in [0.4, 0.5) is 5.69 Å². The highest BCUT2D eigenvalue weighted by molar-refractivity contribution is 6.00. The summed E-state index contributed by atoms with van der Waals surface area (Å²) in [5, 5.41) is 10.6. The molecule has 0 unspecified atom stereocenters. The van der Waals surface area contributed by atoms with Gasteiger partial charge in [0.1, 0.15) is 6.54 Å². The fourth-order valence-electron chi connectivity index (χ4n) is 1.78. The maximum Gasteiger partial charge on any atom is 0.323 e. The van der Waals surface area contributed by atoms with Gasteiger partial charge in [0.25, 0.3) is 0 Å². The Labute approximate surface area is 98.1 Å². The monoisotopic (exact) mass is 229 g/mol. The van der Waals surface area contributed by atoms with E-state index >= 15 is 0 Å². The zero-order valence-electron chi connectivity index (χ0n) is 9.04. The largest absolute Gasteiger partial charge is 0.480 e. The molecule has 0 heterocycles. The molecule has 0 fully saturated rings. The molecule has 1 N–H and O–H groups in total. The van der Waals surface area contributed by atoms with Crippen molar-refractivity contribution in [1.82, 2.24) is 0 Å². The molecule has 2 rings (SSSR count). The van der Waals surface area contributed by atoms with Crippen molar-refractivity contribution in [2.24, 2.45) is 0 Å². The molecular weight excluding hydrogens is 218 g/mol. The summed E-state index contributed by atoms with van der Waals surface area (Å²) in [6, 6.07) is 13.0. The molecule has 4 nitrogen and oxygen atoms in total. The number of nitrogens with zero attached hydrogens (tertiary/aromatic N) is 1. The normalized spacial score (nSPS) is 10.1. The molecule has 0 spiro atoms. The Kier molecular flexibility index (Phi) is 3.05. The minimum Gasteiger partial charge on any atom is -0.480 e. The predicted octanol–water partition coefficient (Wildman–Crippen LogP) is 1.89. The smallest absolute Gasteiger partial charge is 0.323 e. The van der Waals surface area contributed by atoms with Gasteiger partial charge in [0.05, 0.1) is 5.69 Å². The lowest BCUT2D eigenvalue weighted by Gasteiger charge is -2.17. The first-order valence-electron chi connectivity index (χ1n) is 5.14. The summed E-state index contributed by atoms with van der Waals surface area (Å²) in [6.45, 7) is -0.336. The van der Waals surface area contributed by atoms with Gasteiger partial charge in [-0.1, -0.05) is 36.4 Å². The van der Waals surface area contributed by atoms with E-state index in [1.807, 2.05) is 30.3 Å². The van der Waals surface area contributed by atoms with Crippen molar-refractivity contribution in [3.63, 3.8) is 0 Å². The van der Waals surface area contributed by atoms with E-state index in [9.17, 15) is 9.59 Å². The SMILES string of the molecule is O=CN(CC(=O)O)c1cccc2ccccc12. The second-order valence-corrected chi connectivity index (χ2v) is 3.63. The predicted molar refractivity (Wildman–Crippen MR) is 65.0 cm³/mol. The molecule has 0 aliphatic carbocycles. The number of anilines is 1. The number of carboxylic acid groups (broad SMARTS) is 1. The Bertz CT molecular complexity index is 560. The Morgan fingerprint density at radius 2 is 1.88 bits per heavy atom. The lowest BCUT2D eigenvalue weighted by molar-refractivity contribution is -0.136. The highest BCUT2D eigenvalue weighted by atomic mass is 16.4. The number of rotatable bonds is 4. The summed E-state index contributed by atoms with van der Waals surface area (Å²) in [4.78, 5) is 22.8. The van der Waals surface area contributed by atoms with Crippen LogP contribution in [0.15, 0.2) is 42.5 Å². The molecule has 0 bridgehead atoms. The van der Waals surface area contributed by atoms with Crippen molar-refractivity contribution in [1.29, 1.82) is 0 Å². The molecule has 0 aliphatic rings. The van der Waals surface area contributed by atoms with Crippen molar-refractivity contribution in [3.05, 3.63) is 42.5 Å². The first-order chi connectivity index (χ1) is 8.22. The number of benzene rings is 2. The van der Waals surface area contributed by atoms with E-state index < -0.39 is 5.97 Å². The van der Waals surface area contributed by atoms with Crippen LogP contribution in [0, 0.1) is 0 Å². The lowest BCUT2D eigenvalue weighted by atomic mass is 10.1. The second-order valence-electron chi connectivity index (χ2n) is 3.63. The van der Waals surface area contributed by atoms with Gasteiger partial charge in [-0.25, -0.2) is 0 Å². The Morgan fingerprint density at radius 3 is 2.59 bits per heavy atom. The molecule has 17 heavy (non-hydrogen) atoms. The zero-order chi connectivity index (χ0) is 12.3. The van der Waals surface area contributed by atoms with Crippen LogP contribution in [0.5, 0.6) is 0 Å². The maximum atomic E-state index is 10.9. The van der Waals surface area contributed by atoms with Crippen molar-refractivity contribution in [2.75, 3.05) is 11.4 Å². The molecule has 0 saturated heterocycles. The van der Waals surface area contributed by atoms with Crippen molar-refractivity contribution >= 4 is 28.8 Å². The van der Waals surface area contributed by atoms with Gasteiger partial charge in [0.15, 0.2) is 0 Å². The molecule has 4 heteroatoms. The molecule has 0 aromatic heterocycles. The van der Waals surface area contributed by atoms with Gasteiger partial charge in [-0.15, -0.1) is 0 Å². The molecule has 0 aliphatic heterocycles. The summed E-state index contributed by atoms with van der Waals surface area (Å²) in [6.07, 6.45) is 0.538. The Morgan fingerprint density at radius 1 is 1.18 bits per heavy atom. The average Bonchev–Trinajstić information content (AvgIpc) is 2.35. The van der Waals surface area contributed by atoms with Gasteiger partial charge in [0.2, 0.25) is 6.41 Å². The number of carboxylic acids is 1. The number of amides is 1. The van der Waals surface area contributed by atoms with Crippen LogP contribution in [-0.4, -0.2) is 24.0 Å². The number of carbonyl (C=O) groups excluding carboxylic acids is 1. The molecule has 0 radical (unpaired) electrons. The van der Waals surface area contributed by atoms with Crippen LogP contribution < -0.4 is 4.90 Å². The van der Waals surface area contributed by atoms with Crippen molar-refractivity contribution in [2.45, 2.75) is 0 Å². The van der Waals surface area contributed by atoms with Crippen LogP contribution in [0.25, 0.3) is 10.8 Å². The second kappa shape index (κ2) is 4.65. The molecule has 1 amide bonds. The van der Waals surface area contributed by atoms with Gasteiger partial charge in [-0.3, -0.25) is 9.59 Å². The topological polar surface area (TPSA) is 57.6 Å². The molecule has 2 aromatic carbocycles. The van der Waals surface area contributed by atoms with Crippen LogP contribution >= 0.6 is 0 Å². The van der Waals surface area contributed by atoms with Crippen LogP contribution in [0.2, 0.25) is 0 Å². The summed E-state index contributed by atoms with van der Waals surface area (Å²) < 4.78 is 0. The fourth-order valence-corrected chi connectivity index (χ4v) is 1.78. The Hall–Kier alpha value is -2.36. The first kappa shape index (κ1) is 11.1. The quantitative estimate of drug-likeness (QED) is 0.814. The van der Waals surface area contributed by atoms with Crippen LogP contribution in [0.3, 0.4) is 0 Å². The number of hydrogen-bond donors (Lipinski definition) is 1. The number of hydrogen-bond acceptors (Lipinski definition) is 2. The van der Waals surface area contributed by atoms with E-state index in [4.69, 9.17) is 5.11 Å². The van der Waals surface area contributed by atoms with Gasteiger partial charge >= 0.3 is 5.97 Å². The number of aliphatic carboxylic acids is 1. The summed E-state index contributed by atoms with van der Waals surface area (Å²) in [7, 11) is 0. The van der Waals surface area contributed by atoms with Crippen LogP contribution in [0.1, 0.15) is 0 Å². The number of carbonyl (C=O) groups is 2. The van der Waals surface area contributed by atoms with Gasteiger partial charge in [0, 0.05) is 5.39 Å². The molecule has 2 aromatic rings. The Balaban J connectivity index is 2.53. The summed E-state index contributed by atoms with van der Waals surface area (Å²) in [5.74, 6) is -1.04. The van der Waals surface area contributed by atoms with E-state index in [1.54, 1.807) is 12.1 Å². The third-order valence-electron chi connectivity index (χ3n) is 2.51. The number of fused-ring (bicyclic) bond motifs is 1. The van der Waals surface area contributed by atoms with E-state index in [-0.39, 0.29) is 6.54 Å². The molecular formula is C13H11NO3. The standard InChI is InChI=1S/C13H11NO3/c15-9-14(8-13(16)17)12-7-3-5-10-4-1-2-6-11(10)12/h1-7,9H,8H2,(H,16,17). The van der Waals surface area contributed by atoms with Gasteiger partial charge in [-0.2, -0.15) is 0 Å². The summed E-state index contributed by atoms with van der Waals surface area (Å²) in [5.41, 5.74) is 0.612. The minimum absolute atomic E-state index is 0.336. The molecule has 0 saturated carbocycles. The van der Waals surface area contributed by atoms with E-state index in [0.29, 0.717) is 12.1 Å². The third-order valence-corrected chi connectivity index (χ3v) is 2.51. The minimum atomic E-state index is -1.04. The molecule has 0 atom stereocenters. The highest BCUT2D eigenvalue weighted by Gasteiger charge is 2.11. The van der Waals surface area contributed by atoms with Crippen molar-refractivity contribution < 1.29 is 14.7 Å². The van der Waals surface area contributed by atoms with E-state index in [1.165, 1.54) is 4.90 Å². The maximum absolute atomic E-state index is 10.9. The summed E-state index contributed by atoms with van der Waals surface area (Å²) >= 11 is 0. The van der Waals surface area contributed by atoms with Crippen molar-refractivity contribution in [3.8, 4) is 0 Å². The molecule has 86 valence electrons. The average molecular weight is 229 g/mol. The highest BCUT2D eigenvalue weighted by Crippen LogP contribution is 2.25. The third kappa shape index (κ3) is 2.25. The first-order valence-corrected chi connectivity index (χ1v) is 5.14. The zero-order valence-corrected chi connectivity index (χ0v) is 9.04. The van der Waals surface area contributed by atoms with E-state index in [0.717, 1.165) is 10.8 Å².